The lowest BCUT2D eigenvalue weighted by Gasteiger charge is -2.34. The molecule has 0 aromatic carbocycles. The highest BCUT2D eigenvalue weighted by atomic mass is 16.5. The third-order valence-electron chi connectivity index (χ3n) is 5.17. The van der Waals surface area contributed by atoms with E-state index in [0.717, 1.165) is 26.0 Å². The van der Waals surface area contributed by atoms with Crippen molar-refractivity contribution in [2.75, 3.05) is 6.61 Å². The molecule has 0 aliphatic heterocycles. The molecule has 1 unspecified atom stereocenters. The van der Waals surface area contributed by atoms with E-state index in [9.17, 15) is 0 Å². The van der Waals surface area contributed by atoms with Gasteiger partial charge in [-0.2, -0.15) is 0 Å². The third-order valence-corrected chi connectivity index (χ3v) is 5.17. The molecular formula is C18H30N2O. The molecule has 1 saturated carbocycles. The summed E-state index contributed by atoms with van der Waals surface area (Å²) in [5.74, 6) is 0. The Hall–Kier alpha value is -0.800. The Morgan fingerprint density at radius 3 is 2.81 bits per heavy atom. The summed E-state index contributed by atoms with van der Waals surface area (Å²) in [6, 6.07) is 2.42. The number of hydrogen-bond acceptors (Lipinski definition) is 2. The molecule has 0 saturated heterocycles. The Labute approximate surface area is 128 Å². The van der Waals surface area contributed by atoms with Gasteiger partial charge in [0.15, 0.2) is 0 Å². The molecule has 0 bridgehead atoms. The molecule has 21 heavy (non-hydrogen) atoms. The molecule has 3 nitrogen and oxygen atoms in total. The van der Waals surface area contributed by atoms with Crippen LogP contribution in [0.15, 0.2) is 12.3 Å². The van der Waals surface area contributed by atoms with E-state index in [0.29, 0.717) is 11.5 Å². The first-order chi connectivity index (χ1) is 10.1. The lowest BCUT2D eigenvalue weighted by molar-refractivity contribution is 0.0236. The van der Waals surface area contributed by atoms with Crippen molar-refractivity contribution in [3.8, 4) is 0 Å². The summed E-state index contributed by atoms with van der Waals surface area (Å²) in [5.41, 5.74) is 9.44. The Balaban J connectivity index is 1.59. The number of nitrogens with two attached hydrogens (primary N) is 1. The molecule has 1 heterocycles. The number of ether oxygens (including phenoxy) is 1. The van der Waals surface area contributed by atoms with Crippen molar-refractivity contribution in [2.45, 2.75) is 77.5 Å². The van der Waals surface area contributed by atoms with Gasteiger partial charge >= 0.3 is 0 Å². The van der Waals surface area contributed by atoms with E-state index >= 15 is 0 Å². The number of nitrogens with zero attached hydrogens (tertiary/aromatic N) is 1. The average molecular weight is 290 g/mol. The van der Waals surface area contributed by atoms with Crippen molar-refractivity contribution in [2.24, 2.45) is 11.1 Å². The highest BCUT2D eigenvalue weighted by molar-refractivity contribution is 5.30. The van der Waals surface area contributed by atoms with Crippen molar-refractivity contribution in [3.05, 3.63) is 23.5 Å². The van der Waals surface area contributed by atoms with E-state index in [-0.39, 0.29) is 6.04 Å². The van der Waals surface area contributed by atoms with E-state index in [1.807, 2.05) is 0 Å². The van der Waals surface area contributed by atoms with Crippen molar-refractivity contribution < 1.29 is 4.74 Å². The fraction of sp³-hybridized carbons (Fsp3) is 0.778. The van der Waals surface area contributed by atoms with E-state index in [1.54, 1.807) is 0 Å². The van der Waals surface area contributed by atoms with Crippen molar-refractivity contribution in [1.82, 2.24) is 4.57 Å². The monoisotopic (exact) mass is 290 g/mol. The van der Waals surface area contributed by atoms with Gasteiger partial charge in [-0.1, -0.05) is 33.1 Å². The van der Waals surface area contributed by atoms with Crippen LogP contribution < -0.4 is 5.73 Å². The minimum Gasteiger partial charge on any atom is -0.376 e. The van der Waals surface area contributed by atoms with Gasteiger partial charge in [0.1, 0.15) is 0 Å². The van der Waals surface area contributed by atoms with E-state index in [1.165, 1.54) is 43.4 Å². The van der Waals surface area contributed by atoms with Gasteiger partial charge in [0.25, 0.3) is 0 Å². The molecule has 118 valence electrons. The summed E-state index contributed by atoms with van der Waals surface area (Å²) in [5, 5.41) is 0. The Bertz CT molecular complexity index is 472. The Morgan fingerprint density at radius 1 is 1.29 bits per heavy atom. The van der Waals surface area contributed by atoms with Crippen LogP contribution in [0.5, 0.6) is 0 Å². The lowest BCUT2D eigenvalue weighted by Crippen LogP contribution is -2.30. The Kier molecular flexibility index (Phi) is 4.41. The summed E-state index contributed by atoms with van der Waals surface area (Å²) in [4.78, 5) is 0. The zero-order valence-corrected chi connectivity index (χ0v) is 13.6. The summed E-state index contributed by atoms with van der Waals surface area (Å²) in [6.45, 7) is 6.45. The minimum atomic E-state index is 0.198. The molecule has 2 N–H and O–H groups in total. The van der Waals surface area contributed by atoms with Gasteiger partial charge in [0.05, 0.1) is 12.7 Å². The van der Waals surface area contributed by atoms with Crippen LogP contribution in [-0.2, 0) is 17.7 Å². The maximum atomic E-state index is 6.34. The van der Waals surface area contributed by atoms with Gasteiger partial charge in [-0.3, -0.25) is 0 Å². The van der Waals surface area contributed by atoms with Crippen LogP contribution in [0.4, 0.5) is 0 Å². The summed E-state index contributed by atoms with van der Waals surface area (Å²) < 4.78 is 8.45. The zero-order chi connectivity index (χ0) is 14.9. The minimum absolute atomic E-state index is 0.198. The molecule has 0 amide bonds. The molecule has 3 heteroatoms. The Morgan fingerprint density at radius 2 is 2.05 bits per heavy atom. The first-order valence-electron chi connectivity index (χ1n) is 8.60. The molecule has 0 spiro atoms. The van der Waals surface area contributed by atoms with Crippen LogP contribution in [0.1, 0.15) is 69.7 Å². The molecule has 2 aliphatic rings. The lowest BCUT2D eigenvalue weighted by atomic mass is 9.74. The number of rotatable bonds is 4. The molecular weight excluding hydrogens is 260 g/mol. The maximum Gasteiger partial charge on any atom is 0.0649 e. The number of fused-ring (bicyclic) bond motifs is 1. The van der Waals surface area contributed by atoms with Crippen molar-refractivity contribution >= 4 is 0 Å². The first kappa shape index (κ1) is 15.1. The second-order valence-corrected chi connectivity index (χ2v) is 7.69. The largest absolute Gasteiger partial charge is 0.376 e. The predicted octanol–water partition coefficient (Wildman–Crippen LogP) is 3.81. The fourth-order valence-electron chi connectivity index (χ4n) is 4.05. The van der Waals surface area contributed by atoms with E-state index < -0.39 is 0 Å². The average Bonchev–Trinajstić information content (AvgIpc) is 2.82. The van der Waals surface area contributed by atoms with Gasteiger partial charge in [-0.15, -0.1) is 0 Å². The molecule has 3 rings (SSSR count). The van der Waals surface area contributed by atoms with Gasteiger partial charge in [0, 0.05) is 24.5 Å². The fourth-order valence-corrected chi connectivity index (χ4v) is 4.05. The van der Waals surface area contributed by atoms with Crippen LogP contribution in [0, 0.1) is 5.41 Å². The van der Waals surface area contributed by atoms with E-state index in [2.05, 4.69) is 30.7 Å². The molecule has 1 aromatic rings. The van der Waals surface area contributed by atoms with Crippen LogP contribution in [0.2, 0.25) is 0 Å². The number of aromatic nitrogens is 1. The number of hydrogen-bond donors (Lipinski definition) is 1. The summed E-state index contributed by atoms with van der Waals surface area (Å²) in [6.07, 6.45) is 11.5. The normalized spacial score (nSPS) is 25.8. The second-order valence-electron chi connectivity index (χ2n) is 7.69. The second kappa shape index (κ2) is 6.13. The standard InChI is InChI=1S/C18H30N2O/c1-18(2)12-16(19)15-8-9-20(17(15)13-18)10-11-21-14-6-4-3-5-7-14/h8-9,14,16H,3-7,10-13,19H2,1-2H3. The first-order valence-corrected chi connectivity index (χ1v) is 8.60. The third kappa shape index (κ3) is 3.51. The van der Waals surface area contributed by atoms with Crippen molar-refractivity contribution in [3.63, 3.8) is 0 Å². The smallest absolute Gasteiger partial charge is 0.0649 e. The SMILES string of the molecule is CC1(C)Cc2c(ccn2CCOC2CCCCC2)C(N)C1. The van der Waals surface area contributed by atoms with Gasteiger partial charge in [-0.05, 0) is 42.7 Å². The molecule has 1 fully saturated rings. The predicted molar refractivity (Wildman–Crippen MR) is 86.3 cm³/mol. The van der Waals surface area contributed by atoms with Crippen LogP contribution in [0.3, 0.4) is 0 Å². The summed E-state index contributed by atoms with van der Waals surface area (Å²) in [7, 11) is 0. The molecule has 2 aliphatic carbocycles. The zero-order valence-electron chi connectivity index (χ0n) is 13.6. The molecule has 1 aromatic heterocycles. The highest BCUT2D eigenvalue weighted by Crippen LogP contribution is 2.39. The van der Waals surface area contributed by atoms with Gasteiger partial charge < -0.3 is 15.0 Å². The van der Waals surface area contributed by atoms with E-state index in [4.69, 9.17) is 10.5 Å². The topological polar surface area (TPSA) is 40.2 Å². The van der Waals surface area contributed by atoms with Crippen LogP contribution in [-0.4, -0.2) is 17.3 Å². The quantitative estimate of drug-likeness (QED) is 0.916. The molecule has 1 atom stereocenters. The van der Waals surface area contributed by atoms with Gasteiger partial charge in [-0.25, -0.2) is 0 Å². The highest BCUT2D eigenvalue weighted by Gasteiger charge is 2.32. The van der Waals surface area contributed by atoms with Crippen molar-refractivity contribution in [1.29, 1.82) is 0 Å². The van der Waals surface area contributed by atoms with Crippen LogP contribution >= 0.6 is 0 Å². The molecule has 0 radical (unpaired) electrons. The van der Waals surface area contributed by atoms with Gasteiger partial charge in [0.2, 0.25) is 0 Å². The summed E-state index contributed by atoms with van der Waals surface area (Å²) >= 11 is 0. The van der Waals surface area contributed by atoms with Crippen LogP contribution in [0.25, 0.3) is 0 Å². The maximum absolute atomic E-state index is 6.34.